The third-order valence-electron chi connectivity index (χ3n) is 4.67. The SMILES string of the molecule is CN(C1=CCC=CC=C1N)S(=O)c1cccc(C(=O)Nc2ccc(C#N)cc2C(=O)O)c1. The Bertz CT molecular complexity index is 1240. The van der Waals surface area contributed by atoms with Crippen LogP contribution in [0.4, 0.5) is 5.69 Å². The maximum absolute atomic E-state index is 13.1. The number of hydrogen-bond acceptors (Lipinski definition) is 5. The summed E-state index contributed by atoms with van der Waals surface area (Å²) in [7, 11) is 0.0122. The van der Waals surface area contributed by atoms with E-state index in [1.165, 1.54) is 34.6 Å². The van der Waals surface area contributed by atoms with Gasteiger partial charge in [-0.05, 0) is 48.9 Å². The van der Waals surface area contributed by atoms with Crippen LogP contribution in [-0.2, 0) is 11.0 Å². The number of anilines is 1. The number of nitrogens with two attached hydrogens (primary N) is 1. The van der Waals surface area contributed by atoms with E-state index in [1.807, 2.05) is 24.3 Å². The van der Waals surface area contributed by atoms with Crippen molar-refractivity contribution in [1.82, 2.24) is 4.31 Å². The summed E-state index contributed by atoms with van der Waals surface area (Å²) < 4.78 is 14.6. The van der Waals surface area contributed by atoms with Crippen LogP contribution in [0.25, 0.3) is 0 Å². The highest BCUT2D eigenvalue weighted by Gasteiger charge is 2.19. The van der Waals surface area contributed by atoms with Crippen molar-refractivity contribution in [2.75, 3.05) is 12.4 Å². The molecule has 1 aliphatic carbocycles. The molecule has 0 fully saturated rings. The zero-order valence-electron chi connectivity index (χ0n) is 17.1. The Hall–Kier alpha value is -4.16. The molecule has 9 heteroatoms. The van der Waals surface area contributed by atoms with Crippen LogP contribution in [0.1, 0.15) is 32.7 Å². The van der Waals surface area contributed by atoms with Gasteiger partial charge in [-0.2, -0.15) is 5.26 Å². The van der Waals surface area contributed by atoms with Crippen LogP contribution in [0.3, 0.4) is 0 Å². The largest absolute Gasteiger partial charge is 0.478 e. The number of likely N-dealkylation sites (N-methyl/N-ethyl adjacent to an activating group) is 1. The molecule has 0 saturated carbocycles. The van der Waals surface area contributed by atoms with Crippen LogP contribution in [0.5, 0.6) is 0 Å². The maximum Gasteiger partial charge on any atom is 0.337 e. The van der Waals surface area contributed by atoms with Gasteiger partial charge in [0.25, 0.3) is 5.91 Å². The number of carboxylic acids is 1. The minimum atomic E-state index is -1.64. The van der Waals surface area contributed by atoms with Crippen molar-refractivity contribution in [3.63, 3.8) is 0 Å². The lowest BCUT2D eigenvalue weighted by Crippen LogP contribution is -2.24. The smallest absolute Gasteiger partial charge is 0.337 e. The molecule has 8 nitrogen and oxygen atoms in total. The molecule has 1 unspecified atom stereocenters. The number of rotatable bonds is 6. The number of aromatic carboxylic acids is 1. The van der Waals surface area contributed by atoms with Crippen LogP contribution in [-0.4, -0.2) is 32.5 Å². The average molecular weight is 449 g/mol. The first kappa shape index (κ1) is 22.5. The van der Waals surface area contributed by atoms with Gasteiger partial charge in [-0.25, -0.2) is 9.00 Å². The third kappa shape index (κ3) is 4.94. The molecule has 0 heterocycles. The van der Waals surface area contributed by atoms with Gasteiger partial charge in [0.1, 0.15) is 0 Å². The molecule has 3 rings (SSSR count). The molecule has 2 aromatic carbocycles. The molecule has 0 aromatic heterocycles. The van der Waals surface area contributed by atoms with Gasteiger partial charge in [0.2, 0.25) is 0 Å². The lowest BCUT2D eigenvalue weighted by Gasteiger charge is -2.21. The molecule has 162 valence electrons. The minimum Gasteiger partial charge on any atom is -0.478 e. The monoisotopic (exact) mass is 448 g/mol. The summed E-state index contributed by atoms with van der Waals surface area (Å²) in [6, 6.07) is 12.0. The fourth-order valence-corrected chi connectivity index (χ4v) is 4.13. The van der Waals surface area contributed by atoms with Crippen molar-refractivity contribution in [3.05, 3.63) is 94.9 Å². The standard InChI is InChI=1S/C23H20N4O4S/c1-27(21-9-4-2-3-8-19(21)25)32(31)17-7-5-6-16(13-17)22(28)26-20-11-10-15(14-24)12-18(20)23(29)30/h2-3,5-13H,4,25H2,1H3,(H,26,28)(H,29,30). The van der Waals surface area contributed by atoms with E-state index in [-0.39, 0.29) is 22.4 Å². The predicted molar refractivity (Wildman–Crippen MR) is 121 cm³/mol. The van der Waals surface area contributed by atoms with E-state index >= 15 is 0 Å². The second-order valence-electron chi connectivity index (χ2n) is 6.78. The van der Waals surface area contributed by atoms with Crippen LogP contribution in [0.2, 0.25) is 0 Å². The van der Waals surface area contributed by atoms with Crippen LogP contribution in [0, 0.1) is 11.3 Å². The Kier molecular flexibility index (Phi) is 6.87. The fourth-order valence-electron chi connectivity index (χ4n) is 3.03. The molecule has 1 aliphatic rings. The molecule has 1 atom stereocenters. The topological polar surface area (TPSA) is 137 Å². The zero-order valence-corrected chi connectivity index (χ0v) is 17.9. The van der Waals surface area contributed by atoms with Crippen LogP contribution in [0.15, 0.2) is 83.1 Å². The molecule has 1 amide bonds. The summed E-state index contributed by atoms with van der Waals surface area (Å²) in [5.41, 5.74) is 7.36. The molecular weight excluding hydrogens is 428 g/mol. The number of nitriles is 1. The van der Waals surface area contributed by atoms with E-state index in [1.54, 1.807) is 25.3 Å². The molecule has 0 aliphatic heterocycles. The first-order valence-electron chi connectivity index (χ1n) is 9.49. The van der Waals surface area contributed by atoms with Crippen molar-refractivity contribution in [1.29, 1.82) is 5.26 Å². The second-order valence-corrected chi connectivity index (χ2v) is 8.30. The van der Waals surface area contributed by atoms with Gasteiger partial charge in [0, 0.05) is 12.6 Å². The highest BCUT2D eigenvalue weighted by molar-refractivity contribution is 7.82. The number of carbonyl (C=O) groups excluding carboxylic acids is 1. The summed E-state index contributed by atoms with van der Waals surface area (Å²) >= 11 is 0. The summed E-state index contributed by atoms with van der Waals surface area (Å²) in [5.74, 6) is -1.85. The van der Waals surface area contributed by atoms with E-state index in [2.05, 4.69) is 5.32 Å². The highest BCUT2D eigenvalue weighted by Crippen LogP contribution is 2.22. The highest BCUT2D eigenvalue weighted by atomic mass is 32.2. The van der Waals surface area contributed by atoms with Crippen molar-refractivity contribution in [2.24, 2.45) is 5.73 Å². The molecule has 0 saturated heterocycles. The Balaban J connectivity index is 1.84. The molecule has 0 spiro atoms. The summed E-state index contributed by atoms with van der Waals surface area (Å²) in [4.78, 5) is 24.6. The number of benzene rings is 2. The molecule has 2 aromatic rings. The molecule has 4 N–H and O–H groups in total. The first-order chi connectivity index (χ1) is 15.3. The van der Waals surface area contributed by atoms with Gasteiger partial charge in [0.05, 0.1) is 39.2 Å². The molecule has 0 bridgehead atoms. The lowest BCUT2D eigenvalue weighted by atomic mass is 10.1. The summed E-state index contributed by atoms with van der Waals surface area (Å²) in [5, 5.41) is 20.9. The van der Waals surface area contributed by atoms with Gasteiger partial charge in [-0.15, -0.1) is 0 Å². The van der Waals surface area contributed by atoms with E-state index in [4.69, 9.17) is 11.0 Å². The molecular formula is C23H20N4O4S. The Morgan fingerprint density at radius 3 is 2.75 bits per heavy atom. The van der Waals surface area contributed by atoms with Crippen molar-refractivity contribution >= 4 is 28.5 Å². The van der Waals surface area contributed by atoms with E-state index in [0.717, 1.165) is 0 Å². The first-order valence-corrected chi connectivity index (χ1v) is 10.6. The molecule has 32 heavy (non-hydrogen) atoms. The number of hydrogen-bond donors (Lipinski definition) is 3. The van der Waals surface area contributed by atoms with Gasteiger partial charge in [-0.1, -0.05) is 24.3 Å². The summed E-state index contributed by atoms with van der Waals surface area (Å²) in [6.45, 7) is 0. The van der Waals surface area contributed by atoms with Crippen molar-refractivity contribution in [3.8, 4) is 6.07 Å². The maximum atomic E-state index is 13.1. The molecule has 0 radical (unpaired) electrons. The predicted octanol–water partition coefficient (Wildman–Crippen LogP) is 3.15. The van der Waals surface area contributed by atoms with Gasteiger partial charge < -0.3 is 16.2 Å². The number of carbonyl (C=O) groups is 2. The van der Waals surface area contributed by atoms with Gasteiger partial charge in [-0.3, -0.25) is 9.10 Å². The van der Waals surface area contributed by atoms with Gasteiger partial charge in [0.15, 0.2) is 11.0 Å². The second kappa shape index (κ2) is 9.76. The quantitative estimate of drug-likeness (QED) is 0.621. The normalized spacial score (nSPS) is 13.8. The Morgan fingerprint density at radius 1 is 1.25 bits per heavy atom. The van der Waals surface area contributed by atoms with E-state index < -0.39 is 22.9 Å². The van der Waals surface area contributed by atoms with Gasteiger partial charge >= 0.3 is 5.97 Å². The lowest BCUT2D eigenvalue weighted by molar-refractivity contribution is 0.0698. The number of allylic oxidation sites excluding steroid dienone is 4. The van der Waals surface area contributed by atoms with Crippen LogP contribution < -0.4 is 11.1 Å². The van der Waals surface area contributed by atoms with Crippen LogP contribution >= 0.6 is 0 Å². The van der Waals surface area contributed by atoms with E-state index in [9.17, 15) is 18.9 Å². The Morgan fingerprint density at radius 2 is 2.03 bits per heavy atom. The number of nitrogens with one attached hydrogen (secondary N) is 1. The van der Waals surface area contributed by atoms with Crippen molar-refractivity contribution in [2.45, 2.75) is 11.3 Å². The van der Waals surface area contributed by atoms with Crippen molar-refractivity contribution < 1.29 is 18.9 Å². The third-order valence-corrected chi connectivity index (χ3v) is 6.02. The zero-order chi connectivity index (χ0) is 23.3. The number of carboxylic acid groups (broad SMARTS) is 1. The number of nitrogens with zero attached hydrogens (tertiary/aromatic N) is 2. The average Bonchev–Trinajstić information content (AvgIpc) is 3.02. The fraction of sp³-hybridized carbons (Fsp3) is 0.0870. The summed E-state index contributed by atoms with van der Waals surface area (Å²) in [6.07, 6.45) is 7.99. The number of amides is 1. The Labute approximate surface area is 187 Å². The minimum absolute atomic E-state index is 0.0548. The van der Waals surface area contributed by atoms with E-state index in [0.29, 0.717) is 22.7 Å².